The van der Waals surface area contributed by atoms with Gasteiger partial charge < -0.3 is 10.1 Å². The summed E-state index contributed by atoms with van der Waals surface area (Å²) in [5, 5.41) is 7.68. The third-order valence-corrected chi connectivity index (χ3v) is 3.63. The molecule has 114 valence electrons. The second kappa shape index (κ2) is 7.84. The maximum Gasteiger partial charge on any atom is 0.119 e. The molecule has 0 bridgehead atoms. The van der Waals surface area contributed by atoms with E-state index in [0.717, 1.165) is 31.7 Å². The summed E-state index contributed by atoms with van der Waals surface area (Å²) in [5.74, 6) is 0.948. The van der Waals surface area contributed by atoms with E-state index in [0.29, 0.717) is 6.04 Å². The molecule has 0 aliphatic carbocycles. The first-order valence-electron chi connectivity index (χ1n) is 7.59. The predicted molar refractivity (Wildman–Crippen MR) is 85.7 cm³/mol. The van der Waals surface area contributed by atoms with Crippen LogP contribution in [-0.2, 0) is 13.0 Å². The van der Waals surface area contributed by atoms with Crippen LogP contribution in [-0.4, -0.2) is 29.5 Å². The lowest BCUT2D eigenvalue weighted by atomic mass is 10.1. The third kappa shape index (κ3) is 4.90. The van der Waals surface area contributed by atoms with Crippen LogP contribution in [0.1, 0.15) is 24.5 Å². The molecule has 2 aromatic rings. The molecule has 1 unspecified atom stereocenters. The molecule has 0 radical (unpaired) electrons. The van der Waals surface area contributed by atoms with Gasteiger partial charge in [0.2, 0.25) is 0 Å². The van der Waals surface area contributed by atoms with Gasteiger partial charge in [0, 0.05) is 18.8 Å². The lowest BCUT2D eigenvalue weighted by Gasteiger charge is -2.16. The number of benzene rings is 1. The van der Waals surface area contributed by atoms with E-state index in [9.17, 15) is 0 Å². The lowest BCUT2D eigenvalue weighted by molar-refractivity contribution is 0.288. The van der Waals surface area contributed by atoms with E-state index in [4.69, 9.17) is 4.74 Å². The Kier molecular flexibility index (Phi) is 5.81. The van der Waals surface area contributed by atoms with Crippen molar-refractivity contribution in [2.45, 2.75) is 39.3 Å². The Bertz CT molecular complexity index is 550. The minimum Gasteiger partial charge on any atom is -0.494 e. The van der Waals surface area contributed by atoms with Gasteiger partial charge in [0.25, 0.3) is 0 Å². The van der Waals surface area contributed by atoms with Crippen LogP contribution < -0.4 is 10.1 Å². The van der Waals surface area contributed by atoms with E-state index in [-0.39, 0.29) is 0 Å². The van der Waals surface area contributed by atoms with Gasteiger partial charge in [-0.05, 0) is 57.0 Å². The predicted octanol–water partition coefficient (Wildman–Crippen LogP) is 2.81. The number of nitrogens with zero attached hydrogens (tertiary/aromatic N) is 2. The SMILES string of the molecule is CCn1cc(CC(CCOc2cccc(C)c2)NC)cn1. The first-order valence-corrected chi connectivity index (χ1v) is 7.59. The van der Waals surface area contributed by atoms with Crippen LogP contribution in [0.5, 0.6) is 5.75 Å². The summed E-state index contributed by atoms with van der Waals surface area (Å²) in [6.07, 6.45) is 6.02. The van der Waals surface area contributed by atoms with Crippen LogP contribution in [0.2, 0.25) is 0 Å². The van der Waals surface area contributed by atoms with Gasteiger partial charge >= 0.3 is 0 Å². The summed E-state index contributed by atoms with van der Waals surface area (Å²) in [6, 6.07) is 8.59. The first-order chi connectivity index (χ1) is 10.2. The van der Waals surface area contributed by atoms with Crippen LogP contribution in [0.15, 0.2) is 36.7 Å². The molecule has 1 heterocycles. The Labute approximate surface area is 127 Å². The van der Waals surface area contributed by atoms with Crippen molar-refractivity contribution in [1.82, 2.24) is 15.1 Å². The molecule has 0 fully saturated rings. The van der Waals surface area contributed by atoms with Crippen LogP contribution in [0.4, 0.5) is 0 Å². The number of likely N-dealkylation sites (N-methyl/N-ethyl adjacent to an activating group) is 1. The molecule has 0 saturated carbocycles. The zero-order valence-electron chi connectivity index (χ0n) is 13.2. The maximum absolute atomic E-state index is 5.82. The molecule has 0 aliphatic rings. The van der Waals surface area contributed by atoms with Crippen molar-refractivity contribution in [2.24, 2.45) is 0 Å². The monoisotopic (exact) mass is 287 g/mol. The molecule has 0 spiro atoms. The number of aromatic nitrogens is 2. The summed E-state index contributed by atoms with van der Waals surface area (Å²) in [6.45, 7) is 5.81. The molecular weight excluding hydrogens is 262 g/mol. The smallest absolute Gasteiger partial charge is 0.119 e. The number of hydrogen-bond acceptors (Lipinski definition) is 3. The molecule has 4 nitrogen and oxygen atoms in total. The van der Waals surface area contributed by atoms with Crippen molar-refractivity contribution in [3.63, 3.8) is 0 Å². The van der Waals surface area contributed by atoms with Crippen molar-refractivity contribution >= 4 is 0 Å². The summed E-state index contributed by atoms with van der Waals surface area (Å²) < 4.78 is 7.79. The molecule has 2 rings (SSSR count). The number of nitrogens with one attached hydrogen (secondary N) is 1. The average molecular weight is 287 g/mol. The molecule has 1 N–H and O–H groups in total. The van der Waals surface area contributed by atoms with Gasteiger partial charge in [-0.2, -0.15) is 5.10 Å². The molecular formula is C17H25N3O. The number of hydrogen-bond donors (Lipinski definition) is 1. The van der Waals surface area contributed by atoms with Crippen molar-refractivity contribution in [1.29, 1.82) is 0 Å². The van der Waals surface area contributed by atoms with E-state index in [1.54, 1.807) is 0 Å². The molecule has 0 saturated heterocycles. The minimum absolute atomic E-state index is 0.407. The standard InChI is InChI=1S/C17H25N3O/c1-4-20-13-15(12-19-20)11-16(18-3)8-9-21-17-7-5-6-14(2)10-17/h5-7,10,12-13,16,18H,4,8-9,11H2,1-3H3. The van der Waals surface area contributed by atoms with Gasteiger partial charge in [0.05, 0.1) is 12.8 Å². The average Bonchev–Trinajstić information content (AvgIpc) is 2.94. The fourth-order valence-corrected chi connectivity index (χ4v) is 2.34. The summed E-state index contributed by atoms with van der Waals surface area (Å²) in [7, 11) is 2.00. The second-order valence-electron chi connectivity index (χ2n) is 5.35. The van der Waals surface area contributed by atoms with Crippen LogP contribution >= 0.6 is 0 Å². The molecule has 1 aromatic heterocycles. The minimum atomic E-state index is 0.407. The quantitative estimate of drug-likeness (QED) is 0.811. The van der Waals surface area contributed by atoms with Gasteiger partial charge in [-0.3, -0.25) is 4.68 Å². The fourth-order valence-electron chi connectivity index (χ4n) is 2.34. The Morgan fingerprint density at radius 3 is 2.90 bits per heavy atom. The van der Waals surface area contributed by atoms with E-state index >= 15 is 0 Å². The first kappa shape index (κ1) is 15.6. The van der Waals surface area contributed by atoms with Crippen molar-refractivity contribution in [2.75, 3.05) is 13.7 Å². The third-order valence-electron chi connectivity index (χ3n) is 3.63. The zero-order valence-corrected chi connectivity index (χ0v) is 13.2. The largest absolute Gasteiger partial charge is 0.494 e. The summed E-state index contributed by atoms with van der Waals surface area (Å²) in [5.41, 5.74) is 2.50. The fraction of sp³-hybridized carbons (Fsp3) is 0.471. The molecule has 0 aliphatic heterocycles. The van der Waals surface area contributed by atoms with E-state index < -0.39 is 0 Å². The second-order valence-corrected chi connectivity index (χ2v) is 5.35. The highest BCUT2D eigenvalue weighted by atomic mass is 16.5. The normalized spacial score (nSPS) is 12.3. The zero-order chi connectivity index (χ0) is 15.1. The highest BCUT2D eigenvalue weighted by Gasteiger charge is 2.09. The van der Waals surface area contributed by atoms with Gasteiger partial charge in [-0.25, -0.2) is 0 Å². The van der Waals surface area contributed by atoms with E-state index in [2.05, 4.69) is 42.6 Å². The molecule has 1 atom stereocenters. The highest BCUT2D eigenvalue weighted by Crippen LogP contribution is 2.13. The Morgan fingerprint density at radius 2 is 2.24 bits per heavy atom. The highest BCUT2D eigenvalue weighted by molar-refractivity contribution is 5.27. The lowest BCUT2D eigenvalue weighted by Crippen LogP contribution is -2.29. The molecule has 0 amide bonds. The summed E-state index contributed by atoms with van der Waals surface area (Å²) >= 11 is 0. The number of rotatable bonds is 8. The Morgan fingerprint density at radius 1 is 1.38 bits per heavy atom. The van der Waals surface area contributed by atoms with Crippen LogP contribution in [0.3, 0.4) is 0 Å². The molecule has 1 aromatic carbocycles. The maximum atomic E-state index is 5.82. The summed E-state index contributed by atoms with van der Waals surface area (Å²) in [4.78, 5) is 0. The van der Waals surface area contributed by atoms with Gasteiger partial charge in [0.15, 0.2) is 0 Å². The Hall–Kier alpha value is -1.81. The number of aryl methyl sites for hydroxylation is 2. The van der Waals surface area contributed by atoms with E-state index in [1.165, 1.54) is 11.1 Å². The molecule has 4 heteroatoms. The van der Waals surface area contributed by atoms with Crippen molar-refractivity contribution in [3.8, 4) is 5.75 Å². The van der Waals surface area contributed by atoms with Gasteiger partial charge in [0.1, 0.15) is 5.75 Å². The number of ether oxygens (including phenoxy) is 1. The van der Waals surface area contributed by atoms with Crippen molar-refractivity contribution in [3.05, 3.63) is 47.8 Å². The van der Waals surface area contributed by atoms with Crippen molar-refractivity contribution < 1.29 is 4.74 Å². The topological polar surface area (TPSA) is 39.1 Å². The van der Waals surface area contributed by atoms with Crippen LogP contribution in [0, 0.1) is 6.92 Å². The van der Waals surface area contributed by atoms with Gasteiger partial charge in [-0.15, -0.1) is 0 Å². The van der Waals surface area contributed by atoms with Crippen LogP contribution in [0.25, 0.3) is 0 Å². The van der Waals surface area contributed by atoms with Gasteiger partial charge in [-0.1, -0.05) is 12.1 Å². The molecule has 21 heavy (non-hydrogen) atoms. The Balaban J connectivity index is 1.79. The van der Waals surface area contributed by atoms with E-state index in [1.807, 2.05) is 30.1 Å².